The summed E-state index contributed by atoms with van der Waals surface area (Å²) < 4.78 is 9.38. The molecule has 0 N–H and O–H groups in total. The Labute approximate surface area is 71.2 Å². The average molecular weight is 172 g/mol. The van der Waals surface area contributed by atoms with Crippen molar-refractivity contribution in [1.82, 2.24) is 0 Å². The molecular weight excluding hydrogens is 160 g/mol. The van der Waals surface area contributed by atoms with Crippen LogP contribution in [0.15, 0.2) is 11.8 Å². The first-order chi connectivity index (χ1) is 5.74. The van der Waals surface area contributed by atoms with Gasteiger partial charge in [0, 0.05) is 6.08 Å². The first kappa shape index (κ1) is 10.7. The second-order valence-electron chi connectivity index (χ2n) is 1.95. The zero-order valence-corrected chi connectivity index (χ0v) is 7.20. The minimum atomic E-state index is -0.396. The molecule has 0 spiro atoms. The monoisotopic (exact) mass is 172 g/mol. The summed E-state index contributed by atoms with van der Waals surface area (Å²) in [6, 6.07) is 0. The number of aldehydes is 1. The predicted molar refractivity (Wildman–Crippen MR) is 42.4 cm³/mol. The summed E-state index contributed by atoms with van der Waals surface area (Å²) in [5, 5.41) is 0. The Balaban J connectivity index is 3.93. The van der Waals surface area contributed by atoms with E-state index in [0.29, 0.717) is 18.7 Å². The highest BCUT2D eigenvalue weighted by Crippen LogP contribution is 2.02. The predicted octanol–water partition coefficient (Wildman–Crippen LogP) is 0.669. The van der Waals surface area contributed by atoms with Crippen LogP contribution in [0.25, 0.3) is 0 Å². The number of methoxy groups -OCH3 is 1. The molecule has 0 rings (SSSR count). The van der Waals surface area contributed by atoms with Crippen LogP contribution >= 0.6 is 0 Å². The van der Waals surface area contributed by atoms with Gasteiger partial charge >= 0.3 is 5.97 Å². The molecule has 0 atom stereocenters. The van der Waals surface area contributed by atoms with Gasteiger partial charge in [0.15, 0.2) is 0 Å². The van der Waals surface area contributed by atoms with Crippen molar-refractivity contribution < 1.29 is 19.1 Å². The van der Waals surface area contributed by atoms with Gasteiger partial charge in [-0.15, -0.1) is 0 Å². The lowest BCUT2D eigenvalue weighted by atomic mass is 10.3. The van der Waals surface area contributed by atoms with Crippen molar-refractivity contribution in [2.45, 2.75) is 13.3 Å². The lowest BCUT2D eigenvalue weighted by Crippen LogP contribution is -2.06. The summed E-state index contributed by atoms with van der Waals surface area (Å²) in [4.78, 5) is 20.8. The van der Waals surface area contributed by atoms with Crippen molar-refractivity contribution in [1.29, 1.82) is 0 Å². The molecule has 4 heteroatoms. The third-order valence-electron chi connectivity index (χ3n) is 1.14. The molecule has 0 aromatic rings. The molecule has 0 aliphatic heterocycles. The van der Waals surface area contributed by atoms with Gasteiger partial charge < -0.3 is 9.47 Å². The molecule has 0 unspecified atom stereocenters. The lowest BCUT2D eigenvalue weighted by molar-refractivity contribution is -0.142. The number of hydrogen-bond donors (Lipinski definition) is 0. The highest BCUT2D eigenvalue weighted by atomic mass is 16.5. The van der Waals surface area contributed by atoms with Gasteiger partial charge in [-0.05, 0) is 6.92 Å². The minimum Gasteiger partial charge on any atom is -0.500 e. The van der Waals surface area contributed by atoms with Crippen LogP contribution in [0.1, 0.15) is 13.3 Å². The van der Waals surface area contributed by atoms with Gasteiger partial charge in [-0.3, -0.25) is 9.59 Å². The van der Waals surface area contributed by atoms with Crippen LogP contribution in [0.3, 0.4) is 0 Å². The van der Waals surface area contributed by atoms with Gasteiger partial charge in [0.2, 0.25) is 0 Å². The van der Waals surface area contributed by atoms with E-state index in [1.165, 1.54) is 13.2 Å². The van der Waals surface area contributed by atoms with Crippen LogP contribution in [0.4, 0.5) is 0 Å². The molecule has 0 radical (unpaired) electrons. The van der Waals surface area contributed by atoms with Crippen molar-refractivity contribution in [3.63, 3.8) is 0 Å². The summed E-state index contributed by atoms with van der Waals surface area (Å²) in [6.45, 7) is 2.05. The number of esters is 1. The molecule has 0 amide bonds. The van der Waals surface area contributed by atoms with Gasteiger partial charge in [-0.1, -0.05) is 0 Å². The van der Waals surface area contributed by atoms with Crippen molar-refractivity contribution in [3.8, 4) is 0 Å². The fourth-order valence-corrected chi connectivity index (χ4v) is 0.629. The van der Waals surface area contributed by atoms with Crippen LogP contribution in [-0.2, 0) is 19.1 Å². The van der Waals surface area contributed by atoms with Crippen molar-refractivity contribution >= 4 is 12.3 Å². The average Bonchev–Trinajstić information content (AvgIpc) is 2.04. The molecule has 68 valence electrons. The van der Waals surface area contributed by atoms with Gasteiger partial charge in [0.1, 0.15) is 18.5 Å². The van der Waals surface area contributed by atoms with E-state index in [4.69, 9.17) is 4.74 Å². The number of carbonyl (C=O) groups excluding carboxylic acids is 2. The number of hydrogen-bond acceptors (Lipinski definition) is 4. The van der Waals surface area contributed by atoms with E-state index >= 15 is 0 Å². The van der Waals surface area contributed by atoms with Gasteiger partial charge in [0.05, 0.1) is 13.7 Å². The van der Waals surface area contributed by atoms with E-state index in [0.717, 1.165) is 0 Å². The first-order valence-electron chi connectivity index (χ1n) is 3.58. The largest absolute Gasteiger partial charge is 0.500 e. The summed E-state index contributed by atoms with van der Waals surface area (Å²) in [5.41, 5.74) is 0. The quantitative estimate of drug-likeness (QED) is 0.265. The molecule has 0 aromatic carbocycles. The molecule has 0 bridgehead atoms. The normalized spacial score (nSPS) is 10.7. The Hall–Kier alpha value is -1.32. The number of carbonyl (C=O) groups is 2. The summed E-state index contributed by atoms with van der Waals surface area (Å²) in [6.07, 6.45) is 1.76. The van der Waals surface area contributed by atoms with Crippen LogP contribution in [0.2, 0.25) is 0 Å². The molecule has 0 aromatic heterocycles. The Kier molecular flexibility index (Phi) is 5.69. The zero-order valence-electron chi connectivity index (χ0n) is 7.20. The van der Waals surface area contributed by atoms with Crippen LogP contribution in [0, 0.1) is 0 Å². The standard InChI is InChI=1S/C8H12O4/c1-3-12-8(10)6-7(11-2)4-5-9/h4-5H,3,6H2,1-2H3/b7-4-. The molecular formula is C8H12O4. The second kappa shape index (κ2) is 6.39. The molecule has 0 fully saturated rings. The Morgan fingerprint density at radius 2 is 2.17 bits per heavy atom. The fraction of sp³-hybridized carbons (Fsp3) is 0.500. The van der Waals surface area contributed by atoms with E-state index in [2.05, 4.69) is 4.74 Å². The fourth-order valence-electron chi connectivity index (χ4n) is 0.629. The maximum atomic E-state index is 10.8. The maximum absolute atomic E-state index is 10.8. The molecule has 0 saturated heterocycles. The van der Waals surface area contributed by atoms with E-state index in [1.807, 2.05) is 0 Å². The molecule has 0 heterocycles. The number of allylic oxidation sites excluding steroid dienone is 1. The second-order valence-corrected chi connectivity index (χ2v) is 1.95. The Morgan fingerprint density at radius 1 is 1.50 bits per heavy atom. The summed E-state index contributed by atoms with van der Waals surface area (Å²) in [7, 11) is 1.40. The first-order valence-corrected chi connectivity index (χ1v) is 3.58. The van der Waals surface area contributed by atoms with Crippen LogP contribution in [0.5, 0.6) is 0 Å². The molecule has 0 aliphatic carbocycles. The molecule has 0 aliphatic rings. The molecule has 0 saturated carbocycles. The van der Waals surface area contributed by atoms with Crippen LogP contribution in [-0.4, -0.2) is 26.0 Å². The van der Waals surface area contributed by atoms with E-state index in [1.54, 1.807) is 6.92 Å². The third-order valence-corrected chi connectivity index (χ3v) is 1.14. The van der Waals surface area contributed by atoms with E-state index in [9.17, 15) is 9.59 Å². The van der Waals surface area contributed by atoms with Gasteiger partial charge in [-0.25, -0.2) is 0 Å². The Morgan fingerprint density at radius 3 is 2.58 bits per heavy atom. The number of ether oxygens (including phenoxy) is 2. The van der Waals surface area contributed by atoms with Gasteiger partial charge in [0.25, 0.3) is 0 Å². The highest BCUT2D eigenvalue weighted by molar-refractivity contribution is 5.74. The highest BCUT2D eigenvalue weighted by Gasteiger charge is 2.05. The van der Waals surface area contributed by atoms with E-state index < -0.39 is 5.97 Å². The smallest absolute Gasteiger partial charge is 0.313 e. The van der Waals surface area contributed by atoms with E-state index in [-0.39, 0.29) is 6.42 Å². The topological polar surface area (TPSA) is 52.6 Å². The van der Waals surface area contributed by atoms with Crippen molar-refractivity contribution in [2.75, 3.05) is 13.7 Å². The van der Waals surface area contributed by atoms with Crippen molar-refractivity contribution in [3.05, 3.63) is 11.8 Å². The van der Waals surface area contributed by atoms with Crippen LogP contribution < -0.4 is 0 Å². The summed E-state index contributed by atoms with van der Waals surface area (Å²) >= 11 is 0. The third kappa shape index (κ3) is 4.49. The Bertz CT molecular complexity index is 183. The van der Waals surface area contributed by atoms with Crippen molar-refractivity contribution in [2.24, 2.45) is 0 Å². The molecule has 4 nitrogen and oxygen atoms in total. The van der Waals surface area contributed by atoms with Gasteiger partial charge in [-0.2, -0.15) is 0 Å². The SMILES string of the molecule is CCOC(=O)C/C(=C/C=O)OC. The number of rotatable bonds is 5. The summed E-state index contributed by atoms with van der Waals surface area (Å²) in [5.74, 6) is -0.0871. The minimum absolute atomic E-state index is 0.00306. The maximum Gasteiger partial charge on any atom is 0.313 e. The zero-order chi connectivity index (χ0) is 9.40. The lowest BCUT2D eigenvalue weighted by Gasteiger charge is -2.03. The molecule has 12 heavy (non-hydrogen) atoms.